The number of nitrogens with zero attached hydrogens (tertiary/aromatic N) is 2. The number of rotatable bonds is 9. The molecule has 1 aliphatic heterocycles. The van der Waals surface area contributed by atoms with Gasteiger partial charge in [0.15, 0.2) is 5.96 Å². The molecule has 146 valence electrons. The Morgan fingerprint density at radius 3 is 2.50 bits per heavy atom. The average Bonchev–Trinajstić information content (AvgIpc) is 3.20. The summed E-state index contributed by atoms with van der Waals surface area (Å²) in [6, 6.07) is 7.06. The van der Waals surface area contributed by atoms with Crippen LogP contribution < -0.4 is 10.6 Å². The van der Waals surface area contributed by atoms with Gasteiger partial charge in [0.1, 0.15) is 0 Å². The third-order valence-corrected chi connectivity index (χ3v) is 6.18. The van der Waals surface area contributed by atoms with E-state index in [1.807, 2.05) is 19.1 Å². The molecule has 2 rings (SSSR count). The molecule has 1 aromatic rings. The van der Waals surface area contributed by atoms with Crippen LogP contribution in [-0.4, -0.2) is 58.6 Å². The fourth-order valence-corrected chi connectivity index (χ4v) is 4.31. The van der Waals surface area contributed by atoms with Gasteiger partial charge in [0.2, 0.25) is 10.0 Å². The van der Waals surface area contributed by atoms with Crippen molar-refractivity contribution in [1.82, 2.24) is 14.9 Å². The highest BCUT2D eigenvalue weighted by Gasteiger charge is 2.26. The topological polar surface area (TPSA) is 83.0 Å². The second-order valence-electron chi connectivity index (χ2n) is 6.16. The van der Waals surface area contributed by atoms with E-state index >= 15 is 0 Å². The first-order valence-corrected chi connectivity index (χ1v) is 10.6. The molecule has 1 heterocycles. The predicted molar refractivity (Wildman–Crippen MR) is 104 cm³/mol. The van der Waals surface area contributed by atoms with Crippen molar-refractivity contribution >= 4 is 16.0 Å². The number of nitrogens with one attached hydrogen (secondary N) is 2. The maximum atomic E-state index is 12.5. The van der Waals surface area contributed by atoms with Crippen molar-refractivity contribution in [2.75, 3.05) is 39.9 Å². The molecule has 2 N–H and O–H groups in total. The summed E-state index contributed by atoms with van der Waals surface area (Å²) in [4.78, 5) is 4.54. The molecule has 1 saturated heterocycles. The lowest BCUT2D eigenvalue weighted by molar-refractivity contribution is 0.145. The molecule has 1 aromatic carbocycles. The molecular weight excluding hydrogens is 352 g/mol. The average molecular weight is 383 g/mol. The van der Waals surface area contributed by atoms with E-state index in [9.17, 15) is 8.42 Å². The Morgan fingerprint density at radius 2 is 1.88 bits per heavy atom. The molecular formula is C18H30N4O3S. The van der Waals surface area contributed by atoms with E-state index in [1.54, 1.807) is 23.5 Å². The monoisotopic (exact) mass is 382 g/mol. The van der Waals surface area contributed by atoms with Gasteiger partial charge >= 0.3 is 0 Å². The largest absolute Gasteiger partial charge is 0.382 e. The zero-order valence-electron chi connectivity index (χ0n) is 15.7. The zero-order valence-corrected chi connectivity index (χ0v) is 16.5. The molecule has 7 nitrogen and oxygen atoms in total. The summed E-state index contributed by atoms with van der Waals surface area (Å²) in [6.45, 7) is 6.05. The fraction of sp³-hybridized carbons (Fsp3) is 0.611. The first-order valence-electron chi connectivity index (χ1n) is 9.19. The van der Waals surface area contributed by atoms with Crippen molar-refractivity contribution in [3.8, 4) is 0 Å². The van der Waals surface area contributed by atoms with Gasteiger partial charge in [-0.15, -0.1) is 0 Å². The van der Waals surface area contributed by atoms with Crippen molar-refractivity contribution in [1.29, 1.82) is 0 Å². The van der Waals surface area contributed by atoms with Crippen LogP contribution in [0.25, 0.3) is 0 Å². The van der Waals surface area contributed by atoms with Crippen molar-refractivity contribution in [3.05, 3.63) is 29.8 Å². The maximum Gasteiger partial charge on any atom is 0.243 e. The van der Waals surface area contributed by atoms with Crippen molar-refractivity contribution in [2.45, 2.75) is 37.6 Å². The lowest BCUT2D eigenvalue weighted by atomic mass is 10.2. The highest BCUT2D eigenvalue weighted by Crippen LogP contribution is 2.20. The van der Waals surface area contributed by atoms with Crippen molar-refractivity contribution in [2.24, 2.45) is 4.99 Å². The van der Waals surface area contributed by atoms with E-state index < -0.39 is 10.0 Å². The Kier molecular flexibility index (Phi) is 8.34. The number of sulfonamides is 1. The molecule has 0 bridgehead atoms. The Balaban J connectivity index is 1.82. The molecule has 0 amide bonds. The smallest absolute Gasteiger partial charge is 0.243 e. The van der Waals surface area contributed by atoms with Crippen molar-refractivity contribution in [3.63, 3.8) is 0 Å². The van der Waals surface area contributed by atoms with Gasteiger partial charge in [0.05, 0.1) is 4.90 Å². The normalized spacial score (nSPS) is 16.0. The second kappa shape index (κ2) is 10.5. The standard InChI is InChI=1S/C18H30N4O3S/c1-3-25-14-6-11-20-18(19-2)21-15-16-7-9-17(10-8-16)26(23,24)22-12-4-5-13-22/h7-10H,3-6,11-15H2,1-2H3,(H2,19,20,21). The first kappa shape index (κ1) is 20.7. The van der Waals surface area contributed by atoms with Gasteiger partial charge in [0.25, 0.3) is 0 Å². The Labute approximate surface area is 156 Å². The van der Waals surface area contributed by atoms with Crippen LogP contribution in [0.5, 0.6) is 0 Å². The molecule has 0 saturated carbocycles. The molecule has 0 spiro atoms. The Bertz CT molecular complexity index is 668. The van der Waals surface area contributed by atoms with Gasteiger partial charge in [-0.2, -0.15) is 4.31 Å². The van der Waals surface area contributed by atoms with Crippen LogP contribution in [0.3, 0.4) is 0 Å². The molecule has 1 aliphatic rings. The molecule has 0 unspecified atom stereocenters. The summed E-state index contributed by atoms with van der Waals surface area (Å²) >= 11 is 0. The quantitative estimate of drug-likeness (QED) is 0.385. The van der Waals surface area contributed by atoms with Crippen LogP contribution >= 0.6 is 0 Å². The molecule has 8 heteroatoms. The summed E-state index contributed by atoms with van der Waals surface area (Å²) in [6.07, 6.45) is 2.80. The van der Waals surface area contributed by atoms with Crippen LogP contribution in [0.4, 0.5) is 0 Å². The first-order chi connectivity index (χ1) is 12.6. The third-order valence-electron chi connectivity index (χ3n) is 4.27. The summed E-state index contributed by atoms with van der Waals surface area (Å²) < 4.78 is 31.9. The van der Waals surface area contributed by atoms with E-state index in [2.05, 4.69) is 15.6 Å². The van der Waals surface area contributed by atoms with E-state index in [4.69, 9.17) is 4.74 Å². The SMILES string of the molecule is CCOCCCNC(=NC)NCc1ccc(S(=O)(=O)N2CCCC2)cc1. The van der Waals surface area contributed by atoms with E-state index in [-0.39, 0.29) is 0 Å². The third kappa shape index (κ3) is 5.96. The Hall–Kier alpha value is -1.64. The number of guanidine groups is 1. The highest BCUT2D eigenvalue weighted by molar-refractivity contribution is 7.89. The molecule has 0 aromatic heterocycles. The van der Waals surface area contributed by atoms with Crippen molar-refractivity contribution < 1.29 is 13.2 Å². The summed E-state index contributed by atoms with van der Waals surface area (Å²) in [7, 11) is -1.62. The molecule has 0 atom stereocenters. The van der Waals surface area contributed by atoms with Crippen LogP contribution in [0.2, 0.25) is 0 Å². The maximum absolute atomic E-state index is 12.5. The van der Waals surface area contributed by atoms with Crippen LogP contribution in [0, 0.1) is 0 Å². The highest BCUT2D eigenvalue weighted by atomic mass is 32.2. The summed E-state index contributed by atoms with van der Waals surface area (Å²) in [5.74, 6) is 0.718. The van der Waals surface area contributed by atoms with Crippen LogP contribution in [0.1, 0.15) is 31.7 Å². The lowest BCUT2D eigenvalue weighted by Gasteiger charge is -2.16. The fourth-order valence-electron chi connectivity index (χ4n) is 2.79. The van der Waals surface area contributed by atoms with Crippen LogP contribution in [-0.2, 0) is 21.3 Å². The second-order valence-corrected chi connectivity index (χ2v) is 8.10. The van der Waals surface area contributed by atoms with Crippen LogP contribution in [0.15, 0.2) is 34.2 Å². The number of aliphatic imine (C=N–C) groups is 1. The summed E-state index contributed by atoms with van der Waals surface area (Å²) in [5, 5.41) is 6.46. The van der Waals surface area contributed by atoms with E-state index in [0.29, 0.717) is 24.5 Å². The minimum atomic E-state index is -3.35. The number of ether oxygens (including phenoxy) is 1. The Morgan fingerprint density at radius 1 is 1.19 bits per heavy atom. The predicted octanol–water partition coefficient (Wildman–Crippen LogP) is 1.56. The number of hydrogen-bond acceptors (Lipinski definition) is 4. The molecule has 0 radical (unpaired) electrons. The van der Waals surface area contributed by atoms with E-state index in [1.165, 1.54) is 0 Å². The minimum Gasteiger partial charge on any atom is -0.382 e. The van der Waals surface area contributed by atoms with E-state index in [0.717, 1.165) is 50.5 Å². The van der Waals surface area contributed by atoms with Gasteiger partial charge in [-0.05, 0) is 43.9 Å². The molecule has 1 fully saturated rings. The summed E-state index contributed by atoms with van der Waals surface area (Å²) in [5.41, 5.74) is 1.00. The van der Waals surface area contributed by atoms with Gasteiger partial charge in [0, 0.05) is 46.4 Å². The number of benzene rings is 1. The van der Waals surface area contributed by atoms with Gasteiger partial charge in [-0.25, -0.2) is 8.42 Å². The van der Waals surface area contributed by atoms with Gasteiger partial charge < -0.3 is 15.4 Å². The molecule has 26 heavy (non-hydrogen) atoms. The number of hydrogen-bond donors (Lipinski definition) is 2. The van der Waals surface area contributed by atoms with Gasteiger partial charge in [-0.3, -0.25) is 4.99 Å². The lowest BCUT2D eigenvalue weighted by Crippen LogP contribution is -2.37. The van der Waals surface area contributed by atoms with Gasteiger partial charge in [-0.1, -0.05) is 12.1 Å². The minimum absolute atomic E-state index is 0.363. The zero-order chi connectivity index (χ0) is 18.8. The molecule has 0 aliphatic carbocycles.